The number of carbonyl (C=O) groups excluding carboxylic acids is 2. The molecule has 16 heavy (non-hydrogen) atoms. The molecule has 86 valence electrons. The number of nitrogens with one attached hydrogen (secondary N) is 1. The number of anilines is 1. The van der Waals surface area contributed by atoms with Gasteiger partial charge in [-0.3, -0.25) is 9.59 Å². The SMILES string of the molecule is CC(=O)O[C@H](C)C(=O)Nc1ccc(Br)cc1. The van der Waals surface area contributed by atoms with Gasteiger partial charge < -0.3 is 10.1 Å². The summed E-state index contributed by atoms with van der Waals surface area (Å²) >= 11 is 3.29. The van der Waals surface area contributed by atoms with Crippen LogP contribution in [0.1, 0.15) is 13.8 Å². The van der Waals surface area contributed by atoms with Crippen molar-refractivity contribution in [2.24, 2.45) is 0 Å². The van der Waals surface area contributed by atoms with Gasteiger partial charge in [0.25, 0.3) is 5.91 Å². The summed E-state index contributed by atoms with van der Waals surface area (Å²) in [6.45, 7) is 2.79. The minimum Gasteiger partial charge on any atom is -0.453 e. The van der Waals surface area contributed by atoms with E-state index in [-0.39, 0.29) is 5.91 Å². The van der Waals surface area contributed by atoms with Crippen LogP contribution in [0.4, 0.5) is 5.69 Å². The van der Waals surface area contributed by atoms with E-state index in [1.165, 1.54) is 13.8 Å². The Bertz CT molecular complexity index is 389. The summed E-state index contributed by atoms with van der Waals surface area (Å²) in [5.41, 5.74) is 0.659. The lowest BCUT2D eigenvalue weighted by molar-refractivity contribution is -0.150. The van der Waals surface area contributed by atoms with Crippen molar-refractivity contribution in [1.82, 2.24) is 0 Å². The molecule has 0 aromatic heterocycles. The first-order valence-electron chi connectivity index (χ1n) is 4.72. The third-order valence-electron chi connectivity index (χ3n) is 1.82. The zero-order valence-corrected chi connectivity index (χ0v) is 10.6. The zero-order valence-electron chi connectivity index (χ0n) is 8.99. The Hall–Kier alpha value is -1.36. The van der Waals surface area contributed by atoms with E-state index in [4.69, 9.17) is 4.74 Å². The molecule has 0 saturated heterocycles. The summed E-state index contributed by atoms with van der Waals surface area (Å²) in [5.74, 6) is -0.823. The molecule has 0 aliphatic heterocycles. The van der Waals surface area contributed by atoms with Crippen LogP contribution in [0, 0.1) is 0 Å². The molecule has 4 nitrogen and oxygen atoms in total. The summed E-state index contributed by atoms with van der Waals surface area (Å²) in [6.07, 6.45) is -0.791. The van der Waals surface area contributed by atoms with Gasteiger partial charge in [-0.15, -0.1) is 0 Å². The van der Waals surface area contributed by atoms with Crippen LogP contribution in [0.3, 0.4) is 0 Å². The number of carbonyl (C=O) groups is 2. The molecule has 0 bridgehead atoms. The molecule has 0 aliphatic carbocycles. The van der Waals surface area contributed by atoms with E-state index in [0.29, 0.717) is 5.69 Å². The van der Waals surface area contributed by atoms with Crippen LogP contribution in [0.15, 0.2) is 28.7 Å². The standard InChI is InChI=1S/C11H12BrNO3/c1-7(16-8(2)14)11(15)13-10-5-3-9(12)4-6-10/h3-7H,1-2H3,(H,13,15)/t7-/m1/s1. The molecule has 1 amide bonds. The highest BCUT2D eigenvalue weighted by atomic mass is 79.9. The number of amides is 1. The van der Waals surface area contributed by atoms with Crippen LogP contribution >= 0.6 is 15.9 Å². The van der Waals surface area contributed by atoms with Gasteiger partial charge in [0.2, 0.25) is 0 Å². The number of ether oxygens (including phenoxy) is 1. The minimum absolute atomic E-state index is 0.350. The Labute approximate surface area is 102 Å². The quantitative estimate of drug-likeness (QED) is 0.868. The Morgan fingerprint density at radius 1 is 1.31 bits per heavy atom. The number of rotatable bonds is 3. The van der Waals surface area contributed by atoms with E-state index in [2.05, 4.69) is 21.2 Å². The fourth-order valence-corrected chi connectivity index (χ4v) is 1.34. The molecule has 1 aromatic rings. The fraction of sp³-hybridized carbons (Fsp3) is 0.273. The van der Waals surface area contributed by atoms with Crippen molar-refractivity contribution >= 4 is 33.5 Å². The monoisotopic (exact) mass is 285 g/mol. The van der Waals surface area contributed by atoms with Gasteiger partial charge >= 0.3 is 5.97 Å². The molecule has 0 unspecified atom stereocenters. The summed E-state index contributed by atoms with van der Waals surface area (Å²) in [7, 11) is 0. The van der Waals surface area contributed by atoms with Crippen molar-refractivity contribution in [3.05, 3.63) is 28.7 Å². The van der Waals surface area contributed by atoms with E-state index in [1.54, 1.807) is 12.1 Å². The van der Waals surface area contributed by atoms with Crippen molar-refractivity contribution in [2.45, 2.75) is 20.0 Å². The Kier molecular flexibility index (Phi) is 4.49. The minimum atomic E-state index is -0.791. The van der Waals surface area contributed by atoms with Gasteiger partial charge in [0.05, 0.1) is 0 Å². The van der Waals surface area contributed by atoms with Crippen molar-refractivity contribution in [2.75, 3.05) is 5.32 Å². The van der Waals surface area contributed by atoms with Gasteiger partial charge in [-0.2, -0.15) is 0 Å². The second-order valence-corrected chi connectivity index (χ2v) is 4.16. The molecule has 1 rings (SSSR count). The van der Waals surface area contributed by atoms with Crippen LogP contribution in [-0.4, -0.2) is 18.0 Å². The number of hydrogen-bond donors (Lipinski definition) is 1. The maximum Gasteiger partial charge on any atom is 0.303 e. The molecule has 0 aliphatic rings. The second-order valence-electron chi connectivity index (χ2n) is 3.25. The number of esters is 1. The molecule has 1 atom stereocenters. The lowest BCUT2D eigenvalue weighted by atomic mass is 10.3. The van der Waals surface area contributed by atoms with Crippen LogP contribution in [0.2, 0.25) is 0 Å². The van der Waals surface area contributed by atoms with Gasteiger partial charge in [-0.05, 0) is 31.2 Å². The van der Waals surface area contributed by atoms with E-state index in [0.717, 1.165) is 4.47 Å². The van der Waals surface area contributed by atoms with Gasteiger partial charge in [0.15, 0.2) is 6.10 Å². The predicted molar refractivity (Wildman–Crippen MR) is 64.0 cm³/mol. The molecular formula is C11H12BrNO3. The lowest BCUT2D eigenvalue weighted by Crippen LogP contribution is -2.29. The molecule has 1 N–H and O–H groups in total. The van der Waals surface area contributed by atoms with E-state index < -0.39 is 12.1 Å². The average molecular weight is 286 g/mol. The molecular weight excluding hydrogens is 274 g/mol. The highest BCUT2D eigenvalue weighted by Crippen LogP contribution is 2.14. The fourth-order valence-electron chi connectivity index (χ4n) is 1.08. The molecule has 0 fully saturated rings. The summed E-state index contributed by atoms with van der Waals surface area (Å²) < 4.78 is 5.68. The number of hydrogen-bond acceptors (Lipinski definition) is 3. The van der Waals surface area contributed by atoms with Crippen molar-refractivity contribution in [3.8, 4) is 0 Å². The molecule has 0 radical (unpaired) electrons. The van der Waals surface area contributed by atoms with E-state index in [1.807, 2.05) is 12.1 Å². The summed E-state index contributed by atoms with van der Waals surface area (Å²) in [5, 5.41) is 2.64. The number of benzene rings is 1. The summed E-state index contributed by atoms with van der Waals surface area (Å²) in [4.78, 5) is 22.2. The maximum atomic E-state index is 11.5. The third kappa shape index (κ3) is 4.02. The number of halogens is 1. The first kappa shape index (κ1) is 12.7. The predicted octanol–water partition coefficient (Wildman–Crippen LogP) is 2.34. The van der Waals surface area contributed by atoms with Gasteiger partial charge in [-0.1, -0.05) is 15.9 Å². The highest BCUT2D eigenvalue weighted by Gasteiger charge is 2.15. The Balaban J connectivity index is 2.57. The van der Waals surface area contributed by atoms with Crippen LogP contribution < -0.4 is 5.32 Å². The molecule has 0 spiro atoms. The Morgan fingerprint density at radius 3 is 2.38 bits per heavy atom. The van der Waals surface area contributed by atoms with E-state index >= 15 is 0 Å². The van der Waals surface area contributed by atoms with Crippen molar-refractivity contribution in [1.29, 1.82) is 0 Å². The summed E-state index contributed by atoms with van der Waals surface area (Å²) in [6, 6.07) is 7.13. The van der Waals surface area contributed by atoms with Gasteiger partial charge in [-0.25, -0.2) is 0 Å². The lowest BCUT2D eigenvalue weighted by Gasteiger charge is -2.12. The van der Waals surface area contributed by atoms with Crippen molar-refractivity contribution < 1.29 is 14.3 Å². The normalized spacial score (nSPS) is 11.7. The van der Waals surface area contributed by atoms with Gasteiger partial charge in [0.1, 0.15) is 0 Å². The van der Waals surface area contributed by atoms with Crippen LogP contribution in [0.25, 0.3) is 0 Å². The molecule has 1 aromatic carbocycles. The van der Waals surface area contributed by atoms with Crippen molar-refractivity contribution in [3.63, 3.8) is 0 Å². The Morgan fingerprint density at radius 2 is 1.88 bits per heavy atom. The topological polar surface area (TPSA) is 55.4 Å². The third-order valence-corrected chi connectivity index (χ3v) is 2.35. The average Bonchev–Trinajstić information content (AvgIpc) is 2.20. The van der Waals surface area contributed by atoms with Crippen LogP contribution in [0.5, 0.6) is 0 Å². The molecule has 0 heterocycles. The van der Waals surface area contributed by atoms with E-state index in [9.17, 15) is 9.59 Å². The highest BCUT2D eigenvalue weighted by molar-refractivity contribution is 9.10. The zero-order chi connectivity index (χ0) is 12.1. The van der Waals surface area contributed by atoms with Gasteiger partial charge in [0, 0.05) is 17.1 Å². The van der Waals surface area contributed by atoms with Crippen LogP contribution in [-0.2, 0) is 14.3 Å². The smallest absolute Gasteiger partial charge is 0.303 e. The first-order chi connectivity index (χ1) is 7.49. The maximum absolute atomic E-state index is 11.5. The molecule has 0 saturated carbocycles. The first-order valence-corrected chi connectivity index (χ1v) is 5.52. The largest absolute Gasteiger partial charge is 0.453 e. The second kappa shape index (κ2) is 5.65. The molecule has 5 heteroatoms.